The van der Waals surface area contributed by atoms with E-state index >= 15 is 0 Å². The van der Waals surface area contributed by atoms with Gasteiger partial charge in [0.15, 0.2) is 0 Å². The highest BCUT2D eigenvalue weighted by molar-refractivity contribution is 5.94. The zero-order valence-electron chi connectivity index (χ0n) is 10.9. The zero-order valence-corrected chi connectivity index (χ0v) is 10.9. The Morgan fingerprint density at radius 2 is 2.33 bits per heavy atom. The summed E-state index contributed by atoms with van der Waals surface area (Å²) in [6.45, 7) is 3.54. The summed E-state index contributed by atoms with van der Waals surface area (Å²) in [5, 5.41) is 2.70. The largest absolute Gasteiger partial charge is 0.378 e. The Balaban J connectivity index is 2.07. The van der Waals surface area contributed by atoms with Crippen LogP contribution in [0.15, 0.2) is 0 Å². The Hall–Kier alpha value is -1.14. The predicted octanol–water partition coefficient (Wildman–Crippen LogP) is -0.471. The molecule has 0 saturated carbocycles. The van der Waals surface area contributed by atoms with Gasteiger partial charge in [0.1, 0.15) is 11.6 Å². The van der Waals surface area contributed by atoms with Crippen molar-refractivity contribution in [3.05, 3.63) is 0 Å². The van der Waals surface area contributed by atoms with E-state index in [0.29, 0.717) is 26.2 Å². The third-order valence-corrected chi connectivity index (χ3v) is 3.67. The molecule has 0 radical (unpaired) electrons. The first-order valence-corrected chi connectivity index (χ1v) is 6.31. The monoisotopic (exact) mass is 256 g/mol. The van der Waals surface area contributed by atoms with Gasteiger partial charge in [0.05, 0.1) is 19.7 Å². The Kier molecular flexibility index (Phi) is 3.87. The van der Waals surface area contributed by atoms with Gasteiger partial charge >= 0.3 is 0 Å². The summed E-state index contributed by atoms with van der Waals surface area (Å²) in [7, 11) is 1.63. The predicted molar refractivity (Wildman–Crippen MR) is 64.0 cm³/mol. The number of rotatable bonds is 4. The van der Waals surface area contributed by atoms with Crippen molar-refractivity contribution in [1.29, 1.82) is 0 Å². The summed E-state index contributed by atoms with van der Waals surface area (Å²) in [5.74, 6) is -0.132. The molecule has 102 valence electrons. The average molecular weight is 256 g/mol. The van der Waals surface area contributed by atoms with Crippen molar-refractivity contribution in [3.8, 4) is 0 Å². The third kappa shape index (κ3) is 2.49. The van der Waals surface area contributed by atoms with Crippen molar-refractivity contribution in [1.82, 2.24) is 10.2 Å². The molecule has 18 heavy (non-hydrogen) atoms. The molecule has 0 aromatic carbocycles. The lowest BCUT2D eigenvalue weighted by atomic mass is 10.0. The molecule has 2 aliphatic rings. The first kappa shape index (κ1) is 13.3. The molecule has 0 aromatic heterocycles. The van der Waals surface area contributed by atoms with Crippen LogP contribution in [0.25, 0.3) is 0 Å². The molecule has 2 atom stereocenters. The zero-order chi connectivity index (χ0) is 13.2. The van der Waals surface area contributed by atoms with Crippen LogP contribution in [0.3, 0.4) is 0 Å². The highest BCUT2D eigenvalue weighted by Crippen LogP contribution is 2.24. The van der Waals surface area contributed by atoms with Gasteiger partial charge in [-0.15, -0.1) is 0 Å². The summed E-state index contributed by atoms with van der Waals surface area (Å²) in [6, 6.07) is -0.400. The molecule has 2 heterocycles. The number of hydrogen-bond donors (Lipinski definition) is 1. The lowest BCUT2D eigenvalue weighted by Gasteiger charge is -2.37. The van der Waals surface area contributed by atoms with Crippen molar-refractivity contribution in [2.24, 2.45) is 0 Å². The van der Waals surface area contributed by atoms with Gasteiger partial charge in [0, 0.05) is 20.1 Å². The maximum atomic E-state index is 12.2. The minimum atomic E-state index is -0.453. The van der Waals surface area contributed by atoms with Crippen molar-refractivity contribution < 1.29 is 19.1 Å². The topological polar surface area (TPSA) is 67.9 Å². The standard InChI is InChI=1S/C12H20N2O4/c1-3-9-11(16)14(6-10(15)13-9)7-12(17-2)4-5-18-8-12/h9H,3-8H2,1-2H3,(H,13,15). The van der Waals surface area contributed by atoms with Gasteiger partial charge in [-0.25, -0.2) is 0 Å². The Bertz CT molecular complexity index is 339. The normalized spacial score (nSPS) is 32.8. The van der Waals surface area contributed by atoms with E-state index in [2.05, 4.69) is 5.32 Å². The third-order valence-electron chi connectivity index (χ3n) is 3.67. The molecule has 2 aliphatic heterocycles. The van der Waals surface area contributed by atoms with Crippen molar-refractivity contribution in [2.75, 3.05) is 33.4 Å². The van der Waals surface area contributed by atoms with Crippen molar-refractivity contribution in [2.45, 2.75) is 31.4 Å². The molecule has 2 amide bonds. The SMILES string of the molecule is CCC1NC(=O)CN(CC2(OC)CCOC2)C1=O. The van der Waals surface area contributed by atoms with Crippen LogP contribution in [0.5, 0.6) is 0 Å². The van der Waals surface area contributed by atoms with E-state index < -0.39 is 11.6 Å². The molecular formula is C12H20N2O4. The fourth-order valence-corrected chi connectivity index (χ4v) is 2.47. The van der Waals surface area contributed by atoms with Gasteiger partial charge < -0.3 is 19.7 Å². The Labute approximate surface area is 107 Å². The number of hydrogen-bond acceptors (Lipinski definition) is 4. The second-order valence-corrected chi connectivity index (χ2v) is 4.91. The van der Waals surface area contributed by atoms with Crippen molar-refractivity contribution >= 4 is 11.8 Å². The molecule has 0 aromatic rings. The number of amides is 2. The summed E-state index contributed by atoms with van der Waals surface area (Å²) in [6.07, 6.45) is 1.36. The molecule has 2 fully saturated rings. The Morgan fingerprint density at radius 3 is 2.89 bits per heavy atom. The first-order chi connectivity index (χ1) is 8.60. The lowest BCUT2D eigenvalue weighted by molar-refractivity contribution is -0.148. The van der Waals surface area contributed by atoms with Gasteiger partial charge in [-0.1, -0.05) is 6.92 Å². The van der Waals surface area contributed by atoms with Crippen LogP contribution in [0, 0.1) is 0 Å². The van der Waals surface area contributed by atoms with Gasteiger partial charge in [-0.05, 0) is 6.42 Å². The summed E-state index contributed by atoms with van der Waals surface area (Å²) < 4.78 is 10.8. The van der Waals surface area contributed by atoms with Gasteiger partial charge in [0.25, 0.3) is 0 Å². The molecule has 6 heteroatoms. The summed E-state index contributed by atoms with van der Waals surface area (Å²) >= 11 is 0. The molecule has 0 aliphatic carbocycles. The number of nitrogens with zero attached hydrogens (tertiary/aromatic N) is 1. The van der Waals surface area contributed by atoms with E-state index in [0.717, 1.165) is 6.42 Å². The molecule has 2 rings (SSSR count). The number of carbonyl (C=O) groups excluding carboxylic acids is 2. The summed E-state index contributed by atoms with van der Waals surface area (Å²) in [5.41, 5.74) is -0.453. The van der Waals surface area contributed by atoms with Crippen LogP contribution in [0.1, 0.15) is 19.8 Å². The Morgan fingerprint density at radius 1 is 1.56 bits per heavy atom. The van der Waals surface area contributed by atoms with Crippen LogP contribution < -0.4 is 5.32 Å². The minimum absolute atomic E-state index is 0.0274. The van der Waals surface area contributed by atoms with E-state index in [9.17, 15) is 9.59 Å². The molecule has 2 unspecified atom stereocenters. The maximum Gasteiger partial charge on any atom is 0.245 e. The smallest absolute Gasteiger partial charge is 0.245 e. The number of methoxy groups -OCH3 is 1. The highest BCUT2D eigenvalue weighted by Gasteiger charge is 2.41. The number of piperazine rings is 1. The van der Waals surface area contributed by atoms with Gasteiger partial charge in [-0.3, -0.25) is 9.59 Å². The van der Waals surface area contributed by atoms with Crippen LogP contribution in [0.4, 0.5) is 0 Å². The molecule has 0 bridgehead atoms. The average Bonchev–Trinajstić information content (AvgIpc) is 2.82. The van der Waals surface area contributed by atoms with Gasteiger partial charge in [0.2, 0.25) is 11.8 Å². The molecule has 6 nitrogen and oxygen atoms in total. The van der Waals surface area contributed by atoms with Crippen LogP contribution in [-0.4, -0.2) is 61.8 Å². The van der Waals surface area contributed by atoms with Crippen LogP contribution in [-0.2, 0) is 19.1 Å². The molecule has 1 N–H and O–H groups in total. The summed E-state index contributed by atoms with van der Waals surface area (Å²) in [4.78, 5) is 25.3. The maximum absolute atomic E-state index is 12.2. The second kappa shape index (κ2) is 5.24. The molecular weight excluding hydrogens is 236 g/mol. The quantitative estimate of drug-likeness (QED) is 0.738. The minimum Gasteiger partial charge on any atom is -0.378 e. The second-order valence-electron chi connectivity index (χ2n) is 4.91. The van der Waals surface area contributed by atoms with E-state index in [1.54, 1.807) is 12.0 Å². The number of nitrogens with one attached hydrogen (secondary N) is 1. The van der Waals surface area contributed by atoms with E-state index in [-0.39, 0.29) is 18.4 Å². The van der Waals surface area contributed by atoms with E-state index in [4.69, 9.17) is 9.47 Å². The fourth-order valence-electron chi connectivity index (χ4n) is 2.47. The van der Waals surface area contributed by atoms with E-state index in [1.807, 2.05) is 6.92 Å². The van der Waals surface area contributed by atoms with Crippen LogP contribution >= 0.6 is 0 Å². The lowest BCUT2D eigenvalue weighted by Crippen LogP contribution is -2.61. The highest BCUT2D eigenvalue weighted by atomic mass is 16.5. The van der Waals surface area contributed by atoms with Gasteiger partial charge in [-0.2, -0.15) is 0 Å². The molecule has 0 spiro atoms. The van der Waals surface area contributed by atoms with Crippen LogP contribution in [0.2, 0.25) is 0 Å². The molecule has 2 saturated heterocycles. The number of ether oxygens (including phenoxy) is 2. The number of carbonyl (C=O) groups is 2. The first-order valence-electron chi connectivity index (χ1n) is 6.31. The van der Waals surface area contributed by atoms with Crippen molar-refractivity contribution in [3.63, 3.8) is 0 Å². The van der Waals surface area contributed by atoms with E-state index in [1.165, 1.54) is 0 Å². The fraction of sp³-hybridized carbons (Fsp3) is 0.833.